The first kappa shape index (κ1) is 13.9. The van der Waals surface area contributed by atoms with Gasteiger partial charge in [0.15, 0.2) is 0 Å². The molecule has 0 spiro atoms. The van der Waals surface area contributed by atoms with E-state index in [1.807, 2.05) is 11.9 Å². The zero-order chi connectivity index (χ0) is 12.8. The molecule has 1 atom stereocenters. The van der Waals surface area contributed by atoms with Gasteiger partial charge in [-0.3, -0.25) is 4.79 Å². The minimum absolute atomic E-state index is 0.354. The molecule has 2 aliphatic rings. The lowest BCUT2D eigenvalue weighted by Crippen LogP contribution is -2.39. The van der Waals surface area contributed by atoms with E-state index in [2.05, 4.69) is 5.32 Å². The fourth-order valence-electron chi connectivity index (χ4n) is 3.39. The first-order chi connectivity index (χ1) is 8.75. The van der Waals surface area contributed by atoms with Crippen molar-refractivity contribution in [2.45, 2.75) is 51.4 Å². The van der Waals surface area contributed by atoms with Gasteiger partial charge in [-0.2, -0.15) is 0 Å². The van der Waals surface area contributed by atoms with E-state index in [0.29, 0.717) is 11.8 Å². The minimum Gasteiger partial charge on any atom is -0.345 e. The highest BCUT2D eigenvalue weighted by atomic mass is 16.2. The van der Waals surface area contributed by atoms with Crippen LogP contribution in [0.4, 0.5) is 0 Å². The van der Waals surface area contributed by atoms with Crippen LogP contribution in [0.2, 0.25) is 0 Å². The Balaban J connectivity index is 1.63. The van der Waals surface area contributed by atoms with Gasteiger partial charge >= 0.3 is 0 Å². The van der Waals surface area contributed by atoms with Crippen molar-refractivity contribution in [3.8, 4) is 0 Å². The average Bonchev–Trinajstić information content (AvgIpc) is 2.90. The van der Waals surface area contributed by atoms with Gasteiger partial charge in [-0.05, 0) is 44.2 Å². The molecule has 2 fully saturated rings. The normalized spacial score (nSPS) is 25.3. The molecule has 1 saturated carbocycles. The van der Waals surface area contributed by atoms with Gasteiger partial charge in [-0.15, -0.1) is 0 Å². The van der Waals surface area contributed by atoms with E-state index in [-0.39, 0.29) is 0 Å². The summed E-state index contributed by atoms with van der Waals surface area (Å²) < 4.78 is 0. The Morgan fingerprint density at radius 2 is 1.89 bits per heavy atom. The molecule has 3 heteroatoms. The Bertz CT molecular complexity index is 255. The van der Waals surface area contributed by atoms with Crippen LogP contribution in [0.5, 0.6) is 0 Å². The summed E-state index contributed by atoms with van der Waals surface area (Å²) in [7, 11) is 1.98. The van der Waals surface area contributed by atoms with Gasteiger partial charge in [0.25, 0.3) is 0 Å². The highest BCUT2D eigenvalue weighted by Crippen LogP contribution is 2.28. The van der Waals surface area contributed by atoms with Crippen molar-refractivity contribution >= 4 is 5.91 Å². The Morgan fingerprint density at radius 3 is 2.56 bits per heavy atom. The number of carbonyl (C=O) groups excluding carboxylic acids is 1. The molecule has 0 aromatic heterocycles. The van der Waals surface area contributed by atoms with Crippen molar-refractivity contribution in [3.05, 3.63) is 0 Å². The van der Waals surface area contributed by atoms with Crippen molar-refractivity contribution in [2.24, 2.45) is 11.8 Å². The molecule has 1 aliphatic carbocycles. The summed E-state index contributed by atoms with van der Waals surface area (Å²) in [5, 5.41) is 3.42. The van der Waals surface area contributed by atoms with Crippen LogP contribution in [0.25, 0.3) is 0 Å². The Morgan fingerprint density at radius 1 is 1.17 bits per heavy atom. The molecule has 1 unspecified atom stereocenters. The predicted molar refractivity (Wildman–Crippen MR) is 74.4 cm³/mol. The average molecular weight is 252 g/mol. The van der Waals surface area contributed by atoms with Crippen LogP contribution in [0.1, 0.15) is 51.4 Å². The second-order valence-electron chi connectivity index (χ2n) is 6.18. The van der Waals surface area contributed by atoms with Crippen molar-refractivity contribution in [1.29, 1.82) is 0 Å². The molecule has 0 bridgehead atoms. The van der Waals surface area contributed by atoms with Gasteiger partial charge < -0.3 is 10.2 Å². The number of carbonyl (C=O) groups is 1. The zero-order valence-corrected chi connectivity index (χ0v) is 11.8. The Hall–Kier alpha value is -0.570. The SMILES string of the molecule is CN(CC1CCCNC1)C(=O)CCC1CCCC1. The highest BCUT2D eigenvalue weighted by Gasteiger charge is 2.20. The minimum atomic E-state index is 0.354. The van der Waals surface area contributed by atoms with Crippen LogP contribution in [-0.2, 0) is 4.79 Å². The molecular weight excluding hydrogens is 224 g/mol. The maximum Gasteiger partial charge on any atom is 0.222 e. The number of rotatable bonds is 5. The summed E-state index contributed by atoms with van der Waals surface area (Å²) >= 11 is 0. The lowest BCUT2D eigenvalue weighted by atomic mass is 9.98. The summed E-state index contributed by atoms with van der Waals surface area (Å²) in [4.78, 5) is 14.0. The summed E-state index contributed by atoms with van der Waals surface area (Å²) in [5.41, 5.74) is 0. The molecule has 0 radical (unpaired) electrons. The quantitative estimate of drug-likeness (QED) is 0.815. The highest BCUT2D eigenvalue weighted by molar-refractivity contribution is 5.75. The second-order valence-corrected chi connectivity index (χ2v) is 6.18. The third kappa shape index (κ3) is 4.27. The molecule has 1 amide bonds. The molecular formula is C15H28N2O. The third-order valence-corrected chi connectivity index (χ3v) is 4.60. The molecule has 18 heavy (non-hydrogen) atoms. The molecule has 1 saturated heterocycles. The number of nitrogens with one attached hydrogen (secondary N) is 1. The maximum absolute atomic E-state index is 12.1. The summed E-state index contributed by atoms with van der Waals surface area (Å²) in [6.45, 7) is 3.17. The molecule has 0 aromatic carbocycles. The lowest BCUT2D eigenvalue weighted by molar-refractivity contribution is -0.130. The van der Waals surface area contributed by atoms with Gasteiger partial charge in [0.2, 0.25) is 5.91 Å². The fraction of sp³-hybridized carbons (Fsp3) is 0.933. The number of nitrogens with zero attached hydrogens (tertiary/aromatic N) is 1. The molecule has 104 valence electrons. The van der Waals surface area contributed by atoms with E-state index in [0.717, 1.165) is 38.4 Å². The summed E-state index contributed by atoms with van der Waals surface area (Å²) in [6.07, 6.45) is 9.87. The van der Waals surface area contributed by atoms with Crippen LogP contribution < -0.4 is 5.32 Å². The predicted octanol–water partition coefficient (Wildman–Crippen LogP) is 2.41. The number of piperidine rings is 1. The molecule has 1 N–H and O–H groups in total. The largest absolute Gasteiger partial charge is 0.345 e. The van der Waals surface area contributed by atoms with Crippen LogP contribution in [-0.4, -0.2) is 37.5 Å². The van der Waals surface area contributed by atoms with Gasteiger partial charge in [-0.25, -0.2) is 0 Å². The Kier molecular flexibility index (Phi) is 5.48. The van der Waals surface area contributed by atoms with Crippen LogP contribution >= 0.6 is 0 Å². The van der Waals surface area contributed by atoms with Crippen LogP contribution in [0, 0.1) is 11.8 Å². The van der Waals surface area contributed by atoms with Gasteiger partial charge in [0.1, 0.15) is 0 Å². The molecule has 1 aliphatic heterocycles. The first-order valence-corrected chi connectivity index (χ1v) is 7.70. The van der Waals surface area contributed by atoms with Crippen molar-refractivity contribution in [3.63, 3.8) is 0 Å². The fourth-order valence-corrected chi connectivity index (χ4v) is 3.39. The summed E-state index contributed by atoms with van der Waals surface area (Å²) in [6, 6.07) is 0. The molecule has 1 heterocycles. The number of hydrogen-bond donors (Lipinski definition) is 1. The molecule has 0 aromatic rings. The molecule has 3 nitrogen and oxygen atoms in total. The van der Waals surface area contributed by atoms with E-state index in [4.69, 9.17) is 0 Å². The van der Waals surface area contributed by atoms with E-state index < -0.39 is 0 Å². The number of amides is 1. The van der Waals surface area contributed by atoms with E-state index in [1.165, 1.54) is 38.5 Å². The zero-order valence-electron chi connectivity index (χ0n) is 11.8. The van der Waals surface area contributed by atoms with E-state index in [1.54, 1.807) is 0 Å². The first-order valence-electron chi connectivity index (χ1n) is 7.70. The summed E-state index contributed by atoms with van der Waals surface area (Å²) in [5.74, 6) is 1.85. The van der Waals surface area contributed by atoms with Crippen LogP contribution in [0.3, 0.4) is 0 Å². The lowest BCUT2D eigenvalue weighted by Gasteiger charge is -2.28. The number of hydrogen-bond acceptors (Lipinski definition) is 2. The molecule has 2 rings (SSSR count). The van der Waals surface area contributed by atoms with Gasteiger partial charge in [-0.1, -0.05) is 25.7 Å². The van der Waals surface area contributed by atoms with Crippen LogP contribution in [0.15, 0.2) is 0 Å². The maximum atomic E-state index is 12.1. The van der Waals surface area contributed by atoms with Crippen molar-refractivity contribution in [1.82, 2.24) is 10.2 Å². The third-order valence-electron chi connectivity index (χ3n) is 4.60. The monoisotopic (exact) mass is 252 g/mol. The standard InChI is InChI=1S/C15H28N2O/c1-17(12-14-7-4-10-16-11-14)15(18)9-8-13-5-2-3-6-13/h13-14,16H,2-12H2,1H3. The smallest absolute Gasteiger partial charge is 0.222 e. The van der Waals surface area contributed by atoms with Crippen molar-refractivity contribution < 1.29 is 4.79 Å². The second kappa shape index (κ2) is 7.13. The topological polar surface area (TPSA) is 32.3 Å². The van der Waals surface area contributed by atoms with Gasteiger partial charge in [0, 0.05) is 20.0 Å². The Labute approximate surface area is 111 Å². The van der Waals surface area contributed by atoms with E-state index >= 15 is 0 Å². The van der Waals surface area contributed by atoms with Crippen molar-refractivity contribution in [2.75, 3.05) is 26.7 Å². The van der Waals surface area contributed by atoms with E-state index in [9.17, 15) is 4.79 Å². The van der Waals surface area contributed by atoms with Gasteiger partial charge in [0.05, 0.1) is 0 Å².